The van der Waals surface area contributed by atoms with Gasteiger partial charge in [0, 0.05) is 23.6 Å². The number of halogens is 1. The van der Waals surface area contributed by atoms with Crippen LogP contribution in [0.3, 0.4) is 0 Å². The Morgan fingerprint density at radius 2 is 2.30 bits per heavy atom. The van der Waals surface area contributed by atoms with Crippen LogP contribution in [0.25, 0.3) is 0 Å². The lowest BCUT2D eigenvalue weighted by molar-refractivity contribution is 0.195. The Hall–Kier alpha value is -1.40. The first-order valence-corrected chi connectivity index (χ1v) is 7.60. The molecular weight excluding hydrogens is 277 g/mol. The molecule has 0 spiro atoms. The Morgan fingerprint density at radius 1 is 1.45 bits per heavy atom. The summed E-state index contributed by atoms with van der Waals surface area (Å²) in [5, 5.41) is 14.2. The minimum atomic E-state index is -0.525. The summed E-state index contributed by atoms with van der Waals surface area (Å²) in [7, 11) is 0. The first-order valence-electron chi connectivity index (χ1n) is 6.62. The van der Waals surface area contributed by atoms with Crippen molar-refractivity contribution >= 4 is 11.8 Å². The second kappa shape index (κ2) is 7.40. The summed E-state index contributed by atoms with van der Waals surface area (Å²) in [6, 6.07) is 6.38. The molecule has 0 radical (unpaired) electrons. The largest absolute Gasteiger partial charge is 0.392 e. The van der Waals surface area contributed by atoms with Gasteiger partial charge < -0.3 is 5.11 Å². The van der Waals surface area contributed by atoms with Crippen LogP contribution in [0, 0.1) is 5.82 Å². The van der Waals surface area contributed by atoms with Crippen molar-refractivity contribution in [3.05, 3.63) is 42.2 Å². The third kappa shape index (κ3) is 4.31. The quantitative estimate of drug-likeness (QED) is 0.798. The summed E-state index contributed by atoms with van der Waals surface area (Å²) in [6.07, 6.45) is 2.42. The van der Waals surface area contributed by atoms with Gasteiger partial charge in [-0.15, -0.1) is 11.8 Å². The highest BCUT2D eigenvalue weighted by Gasteiger charge is 2.11. The van der Waals surface area contributed by atoms with E-state index in [9.17, 15) is 9.50 Å². The zero-order valence-corrected chi connectivity index (χ0v) is 12.2. The first-order chi connectivity index (χ1) is 9.69. The summed E-state index contributed by atoms with van der Waals surface area (Å²) in [5.41, 5.74) is 0. The van der Waals surface area contributed by atoms with Crippen LogP contribution in [0.5, 0.6) is 0 Å². The number of aromatic nitrogens is 3. The highest BCUT2D eigenvalue weighted by molar-refractivity contribution is 7.99. The van der Waals surface area contributed by atoms with Crippen LogP contribution >= 0.6 is 11.8 Å². The average Bonchev–Trinajstić information content (AvgIpc) is 2.84. The first kappa shape index (κ1) is 15.0. The topological polar surface area (TPSA) is 50.9 Å². The monoisotopic (exact) mass is 295 g/mol. The summed E-state index contributed by atoms with van der Waals surface area (Å²) >= 11 is 1.44. The van der Waals surface area contributed by atoms with Crippen molar-refractivity contribution in [2.24, 2.45) is 0 Å². The molecular formula is C14H18FN3OS. The Labute approximate surface area is 122 Å². The molecule has 1 N–H and O–H groups in total. The molecule has 0 bridgehead atoms. The standard InChI is InChI=1S/C14H18FN3OS/c1-2-6-18-14(16-10-17-18)8-12(19)9-20-13-5-3-4-11(15)7-13/h3-5,7,10,12,19H,2,6,8-9H2,1H3. The van der Waals surface area contributed by atoms with Gasteiger partial charge in [0.15, 0.2) is 0 Å². The van der Waals surface area contributed by atoms with Gasteiger partial charge in [-0.05, 0) is 24.6 Å². The van der Waals surface area contributed by atoms with Crippen LogP contribution in [-0.2, 0) is 13.0 Å². The summed E-state index contributed by atoms with van der Waals surface area (Å²) in [4.78, 5) is 4.99. The fraction of sp³-hybridized carbons (Fsp3) is 0.429. The van der Waals surface area contributed by atoms with E-state index in [1.165, 1.54) is 30.2 Å². The number of aryl methyl sites for hydroxylation is 1. The van der Waals surface area contributed by atoms with Crippen LogP contribution in [0.15, 0.2) is 35.5 Å². The lowest BCUT2D eigenvalue weighted by atomic mass is 10.3. The zero-order valence-electron chi connectivity index (χ0n) is 11.4. The normalized spacial score (nSPS) is 12.6. The van der Waals surface area contributed by atoms with Gasteiger partial charge >= 0.3 is 0 Å². The molecule has 0 saturated heterocycles. The Kier molecular flexibility index (Phi) is 5.55. The summed E-state index contributed by atoms with van der Waals surface area (Å²) in [5.74, 6) is 1.04. The number of hydrogen-bond donors (Lipinski definition) is 1. The van der Waals surface area contributed by atoms with E-state index in [0.29, 0.717) is 12.2 Å². The fourth-order valence-electron chi connectivity index (χ4n) is 1.86. The number of benzene rings is 1. The summed E-state index contributed by atoms with van der Waals surface area (Å²) in [6.45, 7) is 2.88. The molecule has 1 atom stereocenters. The van der Waals surface area contributed by atoms with E-state index in [1.807, 2.05) is 10.7 Å². The molecule has 0 aliphatic carbocycles. The van der Waals surface area contributed by atoms with E-state index in [4.69, 9.17) is 0 Å². The molecule has 0 aliphatic rings. The molecule has 4 nitrogen and oxygen atoms in total. The number of rotatable bonds is 7. The van der Waals surface area contributed by atoms with E-state index >= 15 is 0 Å². The van der Waals surface area contributed by atoms with Gasteiger partial charge in [-0.1, -0.05) is 13.0 Å². The van der Waals surface area contributed by atoms with Gasteiger partial charge in [-0.2, -0.15) is 5.10 Å². The molecule has 1 aromatic heterocycles. The number of thioether (sulfide) groups is 1. The van der Waals surface area contributed by atoms with Crippen molar-refractivity contribution in [2.75, 3.05) is 5.75 Å². The molecule has 108 valence electrons. The third-order valence-electron chi connectivity index (χ3n) is 2.79. The molecule has 1 heterocycles. The predicted octanol–water partition coefficient (Wildman–Crippen LogP) is 2.52. The van der Waals surface area contributed by atoms with Crippen LogP contribution < -0.4 is 0 Å². The predicted molar refractivity (Wildman–Crippen MR) is 77.1 cm³/mol. The van der Waals surface area contributed by atoms with E-state index in [1.54, 1.807) is 6.07 Å². The number of aliphatic hydroxyl groups is 1. The van der Waals surface area contributed by atoms with Crippen LogP contribution in [0.2, 0.25) is 0 Å². The average molecular weight is 295 g/mol. The van der Waals surface area contributed by atoms with E-state index < -0.39 is 6.10 Å². The van der Waals surface area contributed by atoms with Crippen molar-refractivity contribution in [3.8, 4) is 0 Å². The highest BCUT2D eigenvalue weighted by atomic mass is 32.2. The lowest BCUT2D eigenvalue weighted by Gasteiger charge is -2.10. The van der Waals surface area contributed by atoms with E-state index in [0.717, 1.165) is 23.7 Å². The minimum Gasteiger partial charge on any atom is -0.392 e. The van der Waals surface area contributed by atoms with Crippen molar-refractivity contribution in [1.82, 2.24) is 14.8 Å². The molecule has 0 amide bonds. The molecule has 2 rings (SSSR count). The highest BCUT2D eigenvalue weighted by Crippen LogP contribution is 2.20. The molecule has 0 saturated carbocycles. The van der Waals surface area contributed by atoms with Crippen LogP contribution in [0.4, 0.5) is 4.39 Å². The van der Waals surface area contributed by atoms with Crippen LogP contribution in [0.1, 0.15) is 19.2 Å². The van der Waals surface area contributed by atoms with Gasteiger partial charge in [0.1, 0.15) is 18.0 Å². The Morgan fingerprint density at radius 3 is 3.05 bits per heavy atom. The molecule has 0 fully saturated rings. The Balaban J connectivity index is 1.86. The zero-order chi connectivity index (χ0) is 14.4. The fourth-order valence-corrected chi connectivity index (χ4v) is 2.74. The number of hydrogen-bond acceptors (Lipinski definition) is 4. The lowest BCUT2D eigenvalue weighted by Crippen LogP contribution is -2.17. The molecule has 1 aromatic carbocycles. The smallest absolute Gasteiger partial charge is 0.138 e. The SMILES string of the molecule is CCCn1ncnc1CC(O)CSc1cccc(F)c1. The number of aliphatic hydroxyl groups excluding tert-OH is 1. The van der Waals surface area contributed by atoms with Gasteiger partial charge in [-0.3, -0.25) is 4.68 Å². The van der Waals surface area contributed by atoms with E-state index in [2.05, 4.69) is 17.0 Å². The van der Waals surface area contributed by atoms with Gasteiger partial charge in [0.2, 0.25) is 0 Å². The maximum Gasteiger partial charge on any atom is 0.138 e. The van der Waals surface area contributed by atoms with Gasteiger partial charge in [0.25, 0.3) is 0 Å². The summed E-state index contributed by atoms with van der Waals surface area (Å²) < 4.78 is 14.9. The van der Waals surface area contributed by atoms with E-state index in [-0.39, 0.29) is 5.82 Å². The minimum absolute atomic E-state index is 0.257. The van der Waals surface area contributed by atoms with Crippen molar-refractivity contribution in [2.45, 2.75) is 37.3 Å². The molecule has 1 unspecified atom stereocenters. The second-order valence-electron chi connectivity index (χ2n) is 4.53. The maximum atomic E-state index is 13.0. The van der Waals surface area contributed by atoms with Crippen molar-refractivity contribution in [3.63, 3.8) is 0 Å². The third-order valence-corrected chi connectivity index (χ3v) is 3.93. The molecule has 0 aliphatic heterocycles. The van der Waals surface area contributed by atoms with Crippen LogP contribution in [-0.4, -0.2) is 31.7 Å². The maximum absolute atomic E-state index is 13.0. The van der Waals surface area contributed by atoms with Crippen molar-refractivity contribution in [1.29, 1.82) is 0 Å². The molecule has 2 aromatic rings. The second-order valence-corrected chi connectivity index (χ2v) is 5.62. The van der Waals surface area contributed by atoms with Gasteiger partial charge in [-0.25, -0.2) is 9.37 Å². The molecule has 6 heteroatoms. The number of nitrogens with zero attached hydrogens (tertiary/aromatic N) is 3. The Bertz CT molecular complexity index is 547. The van der Waals surface area contributed by atoms with Crippen molar-refractivity contribution < 1.29 is 9.50 Å². The molecule has 20 heavy (non-hydrogen) atoms. The van der Waals surface area contributed by atoms with Gasteiger partial charge in [0.05, 0.1) is 6.10 Å².